The average molecular weight is 142 g/mol. The van der Waals surface area contributed by atoms with Crippen LogP contribution in [0.4, 0.5) is 0 Å². The van der Waals surface area contributed by atoms with Crippen molar-refractivity contribution in [1.29, 1.82) is 5.41 Å². The highest BCUT2D eigenvalue weighted by Crippen LogP contribution is 2.01. The summed E-state index contributed by atoms with van der Waals surface area (Å²) in [6.45, 7) is 2.67. The van der Waals surface area contributed by atoms with Crippen LogP contribution in [0.1, 0.15) is 39.0 Å². The first kappa shape index (κ1) is 9.63. The van der Waals surface area contributed by atoms with Crippen molar-refractivity contribution >= 4 is 5.71 Å². The molecular formula is C8H18N2. The van der Waals surface area contributed by atoms with E-state index in [1.165, 1.54) is 12.8 Å². The zero-order valence-corrected chi connectivity index (χ0v) is 6.82. The summed E-state index contributed by atoms with van der Waals surface area (Å²) in [6, 6.07) is 0. The molecule has 0 aromatic rings. The van der Waals surface area contributed by atoms with E-state index in [4.69, 9.17) is 11.1 Å². The van der Waals surface area contributed by atoms with Crippen LogP contribution >= 0.6 is 0 Å². The zero-order chi connectivity index (χ0) is 7.82. The molecule has 2 heteroatoms. The van der Waals surface area contributed by atoms with Crippen LogP contribution < -0.4 is 5.73 Å². The van der Waals surface area contributed by atoms with Crippen molar-refractivity contribution in [2.24, 2.45) is 5.73 Å². The van der Waals surface area contributed by atoms with Gasteiger partial charge in [0.25, 0.3) is 0 Å². The summed E-state index contributed by atoms with van der Waals surface area (Å²) >= 11 is 0. The molecule has 0 saturated carbocycles. The molecule has 0 amide bonds. The molecular weight excluding hydrogens is 124 g/mol. The molecule has 0 rings (SSSR count). The Hall–Kier alpha value is -0.370. The van der Waals surface area contributed by atoms with Crippen LogP contribution in [-0.4, -0.2) is 12.3 Å². The van der Waals surface area contributed by atoms with E-state index in [2.05, 4.69) is 0 Å². The highest BCUT2D eigenvalue weighted by atomic mass is 14.5. The molecule has 0 bridgehead atoms. The molecule has 0 aromatic heterocycles. The van der Waals surface area contributed by atoms with Gasteiger partial charge >= 0.3 is 0 Å². The third-order valence-corrected chi connectivity index (χ3v) is 1.51. The van der Waals surface area contributed by atoms with Crippen molar-refractivity contribution in [3.8, 4) is 0 Å². The second kappa shape index (κ2) is 6.75. The number of unbranched alkanes of at least 4 members (excludes halogenated alkanes) is 3. The van der Waals surface area contributed by atoms with Crippen LogP contribution in [0.15, 0.2) is 0 Å². The quantitative estimate of drug-likeness (QED) is 0.432. The zero-order valence-electron chi connectivity index (χ0n) is 6.82. The lowest BCUT2D eigenvalue weighted by Crippen LogP contribution is -1.97. The summed E-state index contributed by atoms with van der Waals surface area (Å²) in [5.74, 6) is 0. The van der Waals surface area contributed by atoms with Crippen molar-refractivity contribution in [1.82, 2.24) is 0 Å². The Labute approximate surface area is 63.3 Å². The van der Waals surface area contributed by atoms with Gasteiger partial charge in [-0.1, -0.05) is 12.8 Å². The minimum absolute atomic E-state index is 0.799. The molecule has 0 atom stereocenters. The maximum absolute atomic E-state index is 7.15. The number of nitrogens with two attached hydrogens (primary N) is 1. The van der Waals surface area contributed by atoms with E-state index in [9.17, 15) is 0 Å². The van der Waals surface area contributed by atoms with E-state index in [-0.39, 0.29) is 0 Å². The van der Waals surface area contributed by atoms with E-state index in [0.717, 1.165) is 31.5 Å². The van der Waals surface area contributed by atoms with Crippen LogP contribution in [0.25, 0.3) is 0 Å². The molecule has 0 aliphatic carbocycles. The van der Waals surface area contributed by atoms with Crippen LogP contribution in [0.5, 0.6) is 0 Å². The summed E-state index contributed by atoms with van der Waals surface area (Å²) in [5, 5.41) is 7.15. The third-order valence-electron chi connectivity index (χ3n) is 1.51. The molecule has 0 aliphatic heterocycles. The molecule has 0 heterocycles. The lowest BCUT2D eigenvalue weighted by molar-refractivity contribution is 0.658. The van der Waals surface area contributed by atoms with Crippen molar-refractivity contribution < 1.29 is 0 Å². The van der Waals surface area contributed by atoms with Gasteiger partial charge in [0.15, 0.2) is 0 Å². The topological polar surface area (TPSA) is 49.9 Å². The van der Waals surface area contributed by atoms with E-state index in [0.29, 0.717) is 0 Å². The average Bonchev–Trinajstić information content (AvgIpc) is 1.87. The molecule has 0 aliphatic rings. The van der Waals surface area contributed by atoms with Gasteiger partial charge < -0.3 is 11.1 Å². The Balaban J connectivity index is 2.84. The Morgan fingerprint density at radius 1 is 1.20 bits per heavy atom. The molecule has 60 valence electrons. The van der Waals surface area contributed by atoms with Gasteiger partial charge in [-0.15, -0.1) is 0 Å². The number of nitrogens with one attached hydrogen (secondary N) is 1. The Bertz CT molecular complexity index is 89.3. The molecule has 0 radical (unpaired) electrons. The smallest absolute Gasteiger partial charge is 0.00582 e. The summed E-state index contributed by atoms with van der Waals surface area (Å²) in [6.07, 6.45) is 5.72. The normalized spacial score (nSPS) is 9.80. The molecule has 0 saturated heterocycles. The fourth-order valence-corrected chi connectivity index (χ4v) is 0.888. The van der Waals surface area contributed by atoms with Crippen LogP contribution in [-0.2, 0) is 0 Å². The van der Waals surface area contributed by atoms with Crippen LogP contribution in [0.3, 0.4) is 0 Å². The second-order valence-corrected chi connectivity index (χ2v) is 2.73. The first-order valence-electron chi connectivity index (χ1n) is 4.01. The molecule has 0 unspecified atom stereocenters. The molecule has 3 N–H and O–H groups in total. The monoisotopic (exact) mass is 142 g/mol. The van der Waals surface area contributed by atoms with E-state index >= 15 is 0 Å². The summed E-state index contributed by atoms with van der Waals surface area (Å²) in [4.78, 5) is 0. The number of rotatable bonds is 6. The molecule has 0 spiro atoms. The minimum atomic E-state index is 0.799. The maximum atomic E-state index is 7.15. The van der Waals surface area contributed by atoms with Crippen LogP contribution in [0, 0.1) is 5.41 Å². The fraction of sp³-hybridized carbons (Fsp3) is 0.875. The lowest BCUT2D eigenvalue weighted by atomic mass is 10.1. The second-order valence-electron chi connectivity index (χ2n) is 2.73. The van der Waals surface area contributed by atoms with Crippen LogP contribution in [0.2, 0.25) is 0 Å². The van der Waals surface area contributed by atoms with Gasteiger partial charge in [0, 0.05) is 5.71 Å². The predicted molar refractivity (Wildman–Crippen MR) is 45.5 cm³/mol. The highest BCUT2D eigenvalue weighted by molar-refractivity contribution is 5.78. The Morgan fingerprint density at radius 3 is 2.30 bits per heavy atom. The van der Waals surface area contributed by atoms with Crippen molar-refractivity contribution in [2.75, 3.05) is 6.54 Å². The van der Waals surface area contributed by atoms with Gasteiger partial charge in [-0.2, -0.15) is 0 Å². The van der Waals surface area contributed by atoms with Gasteiger partial charge in [0.05, 0.1) is 0 Å². The van der Waals surface area contributed by atoms with Crippen molar-refractivity contribution in [2.45, 2.75) is 39.0 Å². The van der Waals surface area contributed by atoms with Gasteiger partial charge in [0.2, 0.25) is 0 Å². The summed E-state index contributed by atoms with van der Waals surface area (Å²) in [7, 11) is 0. The fourth-order valence-electron chi connectivity index (χ4n) is 0.888. The van der Waals surface area contributed by atoms with Crippen molar-refractivity contribution in [3.63, 3.8) is 0 Å². The standard InChI is InChI=1S/C8H18N2/c1-8(10)6-4-2-3-5-7-9/h10H,2-7,9H2,1H3. The summed E-state index contributed by atoms with van der Waals surface area (Å²) in [5.41, 5.74) is 6.13. The lowest BCUT2D eigenvalue weighted by Gasteiger charge is -1.97. The van der Waals surface area contributed by atoms with Gasteiger partial charge in [-0.05, 0) is 32.7 Å². The molecule has 2 nitrogen and oxygen atoms in total. The maximum Gasteiger partial charge on any atom is 0.00582 e. The third kappa shape index (κ3) is 7.63. The van der Waals surface area contributed by atoms with E-state index < -0.39 is 0 Å². The number of hydrogen-bond donors (Lipinski definition) is 2. The largest absolute Gasteiger partial charge is 0.330 e. The predicted octanol–water partition coefficient (Wildman–Crippen LogP) is 1.94. The molecule has 0 fully saturated rings. The Kier molecular flexibility index (Phi) is 6.50. The SMILES string of the molecule is CC(=N)CCCCCCN. The minimum Gasteiger partial charge on any atom is -0.330 e. The number of hydrogen-bond acceptors (Lipinski definition) is 2. The molecule has 10 heavy (non-hydrogen) atoms. The Morgan fingerprint density at radius 2 is 1.80 bits per heavy atom. The van der Waals surface area contributed by atoms with E-state index in [1.807, 2.05) is 6.92 Å². The van der Waals surface area contributed by atoms with Gasteiger partial charge in [-0.25, -0.2) is 0 Å². The first-order valence-corrected chi connectivity index (χ1v) is 4.01. The highest BCUT2D eigenvalue weighted by Gasteiger charge is 1.89. The van der Waals surface area contributed by atoms with Gasteiger partial charge in [0.1, 0.15) is 0 Å². The summed E-state index contributed by atoms with van der Waals surface area (Å²) < 4.78 is 0. The first-order chi connectivity index (χ1) is 4.77. The van der Waals surface area contributed by atoms with Gasteiger partial charge in [-0.3, -0.25) is 0 Å². The molecule has 0 aromatic carbocycles. The van der Waals surface area contributed by atoms with E-state index in [1.54, 1.807) is 0 Å². The van der Waals surface area contributed by atoms with Crippen molar-refractivity contribution in [3.05, 3.63) is 0 Å².